The summed E-state index contributed by atoms with van der Waals surface area (Å²) in [6, 6.07) is 0.625. The molecule has 0 bridgehead atoms. The van der Waals surface area contributed by atoms with Crippen LogP contribution in [-0.2, 0) is 19.1 Å². The van der Waals surface area contributed by atoms with Gasteiger partial charge in [0.15, 0.2) is 17.2 Å². The molecule has 1 aromatic heterocycles. The molecule has 0 aliphatic heterocycles. The largest absolute Gasteiger partial charge is 0.493 e. The second-order valence-corrected chi connectivity index (χ2v) is 7.42. The number of carbonyl (C=O) groups is 3. The van der Waals surface area contributed by atoms with E-state index < -0.39 is 30.7 Å². The molecule has 0 aromatic carbocycles. The van der Waals surface area contributed by atoms with Crippen LogP contribution in [0.1, 0.15) is 63.4 Å². The van der Waals surface area contributed by atoms with Crippen LogP contribution in [0, 0.1) is 5.92 Å². The molecule has 1 fully saturated rings. The minimum Gasteiger partial charge on any atom is -0.493 e. The molecular weight excluding hydrogens is 392 g/mol. The van der Waals surface area contributed by atoms with Crippen molar-refractivity contribution in [2.75, 3.05) is 13.9 Å². The molecular formula is C21H30N2O7. The normalized spacial score (nSPS) is 15.7. The second kappa shape index (κ2) is 11.4. The molecule has 1 aliphatic rings. The fourth-order valence-corrected chi connectivity index (χ4v) is 3.45. The van der Waals surface area contributed by atoms with E-state index in [9.17, 15) is 14.4 Å². The summed E-state index contributed by atoms with van der Waals surface area (Å²) in [4.78, 5) is 40.0. The summed E-state index contributed by atoms with van der Waals surface area (Å²) in [5.74, 6) is -0.849. The Bertz CT molecular complexity index is 747. The molecule has 9 nitrogen and oxygen atoms in total. The SMILES string of the molecule is COc1ccnc(C(=O)N[C@@H](C)C(=O)O[C@@H](C)CC2CCCC2)c1OCOC(C)=O. The smallest absolute Gasteiger partial charge is 0.328 e. The molecule has 0 unspecified atom stereocenters. The third kappa shape index (κ3) is 6.89. The number of esters is 2. The zero-order valence-electron chi connectivity index (χ0n) is 17.9. The minimum absolute atomic E-state index is 0.00826. The number of methoxy groups -OCH3 is 1. The number of hydrogen-bond donors (Lipinski definition) is 1. The fraction of sp³-hybridized carbons (Fsp3) is 0.619. The number of aromatic nitrogens is 1. The molecule has 1 aromatic rings. The van der Waals surface area contributed by atoms with Crippen LogP contribution in [0.2, 0.25) is 0 Å². The van der Waals surface area contributed by atoms with E-state index >= 15 is 0 Å². The standard InChI is InChI=1S/C21H30N2O7/c1-13(11-16-7-5-6-8-16)30-21(26)14(2)23-20(25)18-19(29-12-28-15(3)24)17(27-4)9-10-22-18/h9-10,13-14,16H,5-8,11-12H2,1-4H3,(H,23,25)/t13-,14-/m0/s1. The lowest BCUT2D eigenvalue weighted by molar-refractivity contribution is -0.151. The van der Waals surface area contributed by atoms with Crippen molar-refractivity contribution in [3.63, 3.8) is 0 Å². The van der Waals surface area contributed by atoms with Crippen LogP contribution in [-0.4, -0.2) is 48.9 Å². The lowest BCUT2D eigenvalue weighted by atomic mass is 10.0. The first-order chi connectivity index (χ1) is 14.3. The molecule has 1 amide bonds. The molecule has 0 spiro atoms. The summed E-state index contributed by atoms with van der Waals surface area (Å²) in [7, 11) is 1.40. The van der Waals surface area contributed by atoms with Gasteiger partial charge in [0, 0.05) is 19.2 Å². The van der Waals surface area contributed by atoms with Crippen LogP contribution < -0.4 is 14.8 Å². The van der Waals surface area contributed by atoms with Crippen LogP contribution in [0.4, 0.5) is 0 Å². The third-order valence-corrected chi connectivity index (χ3v) is 4.93. The highest BCUT2D eigenvalue weighted by Gasteiger charge is 2.26. The Hall–Kier alpha value is -2.84. The lowest BCUT2D eigenvalue weighted by Gasteiger charge is -2.20. The van der Waals surface area contributed by atoms with E-state index in [1.165, 1.54) is 52.0 Å². The van der Waals surface area contributed by atoms with E-state index in [4.69, 9.17) is 18.9 Å². The van der Waals surface area contributed by atoms with Gasteiger partial charge in [-0.2, -0.15) is 0 Å². The van der Waals surface area contributed by atoms with Crippen molar-refractivity contribution in [3.05, 3.63) is 18.0 Å². The van der Waals surface area contributed by atoms with Gasteiger partial charge in [-0.1, -0.05) is 25.7 Å². The maximum Gasteiger partial charge on any atom is 0.328 e. The van der Waals surface area contributed by atoms with Crippen molar-refractivity contribution in [2.45, 2.75) is 65.0 Å². The van der Waals surface area contributed by atoms with Gasteiger partial charge in [0.1, 0.15) is 6.04 Å². The second-order valence-electron chi connectivity index (χ2n) is 7.42. The van der Waals surface area contributed by atoms with Gasteiger partial charge in [-0.15, -0.1) is 0 Å². The number of rotatable bonds is 10. The Kier molecular flexibility index (Phi) is 8.89. The van der Waals surface area contributed by atoms with E-state index in [1.807, 2.05) is 6.92 Å². The Morgan fingerprint density at radius 1 is 1.23 bits per heavy atom. The van der Waals surface area contributed by atoms with E-state index in [0.29, 0.717) is 5.92 Å². The fourth-order valence-electron chi connectivity index (χ4n) is 3.45. The molecule has 1 N–H and O–H groups in total. The number of nitrogens with one attached hydrogen (secondary N) is 1. The van der Waals surface area contributed by atoms with E-state index in [2.05, 4.69) is 10.3 Å². The zero-order valence-corrected chi connectivity index (χ0v) is 17.9. The van der Waals surface area contributed by atoms with E-state index in [0.717, 1.165) is 6.42 Å². The predicted octanol–water partition coefficient (Wildman–Crippen LogP) is 2.62. The summed E-state index contributed by atoms with van der Waals surface area (Å²) in [6.07, 6.45) is 6.80. The van der Waals surface area contributed by atoms with Crippen molar-refractivity contribution >= 4 is 17.8 Å². The highest BCUT2D eigenvalue weighted by molar-refractivity contribution is 5.98. The highest BCUT2D eigenvalue weighted by atomic mass is 16.7. The average molecular weight is 422 g/mol. The molecule has 0 saturated heterocycles. The maximum absolute atomic E-state index is 12.7. The molecule has 166 valence electrons. The summed E-state index contributed by atoms with van der Waals surface area (Å²) in [5, 5.41) is 2.57. The Balaban J connectivity index is 1.97. The molecule has 2 atom stereocenters. The van der Waals surface area contributed by atoms with Gasteiger partial charge in [0.2, 0.25) is 6.79 Å². The van der Waals surface area contributed by atoms with Gasteiger partial charge < -0.3 is 24.3 Å². The molecule has 2 rings (SSSR count). The monoisotopic (exact) mass is 422 g/mol. The number of ether oxygens (including phenoxy) is 4. The first kappa shape index (κ1) is 23.4. The molecule has 1 saturated carbocycles. The summed E-state index contributed by atoms with van der Waals surface area (Å²) in [6.45, 7) is 4.24. The molecule has 0 radical (unpaired) electrons. The van der Waals surface area contributed by atoms with Gasteiger partial charge in [-0.05, 0) is 26.2 Å². The van der Waals surface area contributed by atoms with Crippen molar-refractivity contribution < 1.29 is 33.3 Å². The zero-order chi connectivity index (χ0) is 22.1. The minimum atomic E-state index is -0.877. The Morgan fingerprint density at radius 3 is 2.57 bits per heavy atom. The van der Waals surface area contributed by atoms with Gasteiger partial charge in [-0.3, -0.25) is 9.59 Å². The summed E-state index contributed by atoms with van der Waals surface area (Å²) >= 11 is 0. The van der Waals surface area contributed by atoms with Gasteiger partial charge >= 0.3 is 11.9 Å². The molecule has 9 heteroatoms. The third-order valence-electron chi connectivity index (χ3n) is 4.93. The molecule has 1 aliphatic carbocycles. The molecule has 30 heavy (non-hydrogen) atoms. The summed E-state index contributed by atoms with van der Waals surface area (Å²) < 4.78 is 20.8. The van der Waals surface area contributed by atoms with Crippen molar-refractivity contribution in [1.82, 2.24) is 10.3 Å². The number of nitrogens with zero attached hydrogens (tertiary/aromatic N) is 1. The lowest BCUT2D eigenvalue weighted by Crippen LogP contribution is -2.41. The molecule has 1 heterocycles. The maximum atomic E-state index is 12.7. The van der Waals surface area contributed by atoms with Gasteiger partial charge in [0.25, 0.3) is 5.91 Å². The first-order valence-corrected chi connectivity index (χ1v) is 10.1. The average Bonchev–Trinajstić information content (AvgIpc) is 3.20. The topological polar surface area (TPSA) is 113 Å². The van der Waals surface area contributed by atoms with Gasteiger partial charge in [0.05, 0.1) is 13.2 Å². The number of hydrogen-bond acceptors (Lipinski definition) is 8. The van der Waals surface area contributed by atoms with Crippen molar-refractivity contribution in [2.24, 2.45) is 5.92 Å². The van der Waals surface area contributed by atoms with E-state index in [1.54, 1.807) is 6.92 Å². The highest BCUT2D eigenvalue weighted by Crippen LogP contribution is 2.30. The first-order valence-electron chi connectivity index (χ1n) is 10.1. The Labute approximate surface area is 176 Å². The van der Waals surface area contributed by atoms with Crippen molar-refractivity contribution in [3.8, 4) is 11.5 Å². The quantitative estimate of drug-likeness (QED) is 0.452. The van der Waals surface area contributed by atoms with Gasteiger partial charge in [-0.25, -0.2) is 9.78 Å². The van der Waals surface area contributed by atoms with E-state index in [-0.39, 0.29) is 23.3 Å². The van der Waals surface area contributed by atoms with Crippen LogP contribution in [0.3, 0.4) is 0 Å². The summed E-state index contributed by atoms with van der Waals surface area (Å²) in [5.41, 5.74) is -0.0971. The van der Waals surface area contributed by atoms with Crippen LogP contribution in [0.5, 0.6) is 11.5 Å². The van der Waals surface area contributed by atoms with Crippen molar-refractivity contribution in [1.29, 1.82) is 0 Å². The Morgan fingerprint density at radius 2 is 1.93 bits per heavy atom. The number of amides is 1. The number of carbonyl (C=O) groups excluding carboxylic acids is 3. The number of pyridine rings is 1. The van der Waals surface area contributed by atoms with Crippen LogP contribution >= 0.6 is 0 Å². The van der Waals surface area contributed by atoms with Crippen LogP contribution in [0.25, 0.3) is 0 Å². The predicted molar refractivity (Wildman–Crippen MR) is 107 cm³/mol. The van der Waals surface area contributed by atoms with Crippen LogP contribution in [0.15, 0.2) is 12.3 Å².